The molecule has 6 nitrogen and oxygen atoms in total. The van der Waals surface area contributed by atoms with Crippen LogP contribution in [0.4, 0.5) is 8.78 Å². The summed E-state index contributed by atoms with van der Waals surface area (Å²) in [5, 5.41) is 14.4. The van der Waals surface area contributed by atoms with Crippen LogP contribution in [0.25, 0.3) is 0 Å². The number of halogens is 2. The van der Waals surface area contributed by atoms with Crippen molar-refractivity contribution in [3.63, 3.8) is 0 Å². The highest BCUT2D eigenvalue weighted by Crippen LogP contribution is 2.39. The van der Waals surface area contributed by atoms with Gasteiger partial charge in [0, 0.05) is 23.9 Å². The summed E-state index contributed by atoms with van der Waals surface area (Å²) in [5.74, 6) is 1.27. The number of ether oxygens (including phenoxy) is 1. The lowest BCUT2D eigenvalue weighted by Crippen LogP contribution is -2.27. The summed E-state index contributed by atoms with van der Waals surface area (Å²) in [5.41, 5.74) is 0.932. The van der Waals surface area contributed by atoms with E-state index < -0.39 is 6.61 Å². The molecule has 1 amide bonds. The molecule has 1 aromatic carbocycles. The SMILES string of the molecule is O=C(CSc1nnc(Cc2cccs2)n1C1CC1)NCCc1ccc(OC(F)F)cc1. The number of aromatic nitrogens is 3. The molecule has 0 radical (unpaired) electrons. The lowest BCUT2D eigenvalue weighted by atomic mass is 10.1. The van der Waals surface area contributed by atoms with Gasteiger partial charge >= 0.3 is 6.61 Å². The number of carbonyl (C=O) groups excluding carboxylic acids is 1. The van der Waals surface area contributed by atoms with Crippen LogP contribution in [0.1, 0.15) is 35.1 Å². The summed E-state index contributed by atoms with van der Waals surface area (Å²) < 4.78 is 30.9. The van der Waals surface area contributed by atoms with Crippen molar-refractivity contribution in [2.45, 2.75) is 43.5 Å². The Morgan fingerprint density at radius 1 is 1.26 bits per heavy atom. The number of nitrogens with zero attached hydrogens (tertiary/aromatic N) is 3. The number of alkyl halides is 2. The molecule has 1 saturated carbocycles. The number of hydrogen-bond donors (Lipinski definition) is 1. The first-order chi connectivity index (χ1) is 15.1. The van der Waals surface area contributed by atoms with Crippen LogP contribution in [0.5, 0.6) is 5.75 Å². The maximum absolute atomic E-state index is 12.3. The van der Waals surface area contributed by atoms with Crippen molar-refractivity contribution in [2.75, 3.05) is 12.3 Å². The quantitative estimate of drug-likeness (QED) is 0.428. The number of hydrogen-bond acceptors (Lipinski definition) is 6. The summed E-state index contributed by atoms with van der Waals surface area (Å²) in [6.07, 6.45) is 3.61. The molecule has 0 unspecified atom stereocenters. The molecule has 0 saturated heterocycles. The van der Waals surface area contributed by atoms with E-state index in [4.69, 9.17) is 0 Å². The summed E-state index contributed by atoms with van der Waals surface area (Å²) >= 11 is 3.11. The topological polar surface area (TPSA) is 69.0 Å². The Morgan fingerprint density at radius 2 is 2.06 bits per heavy atom. The Bertz CT molecular complexity index is 989. The van der Waals surface area contributed by atoms with E-state index in [0.29, 0.717) is 19.0 Å². The Hall–Kier alpha value is -2.46. The normalized spacial score (nSPS) is 13.5. The Labute approximate surface area is 187 Å². The molecular formula is C21H22F2N4O2S2. The third-order valence-electron chi connectivity index (χ3n) is 4.78. The molecule has 1 aliphatic carbocycles. The largest absolute Gasteiger partial charge is 0.435 e. The summed E-state index contributed by atoms with van der Waals surface area (Å²) in [6.45, 7) is -2.37. The number of carbonyl (C=O) groups is 1. The first-order valence-corrected chi connectivity index (χ1v) is 11.8. The first-order valence-electron chi connectivity index (χ1n) is 9.98. The van der Waals surface area contributed by atoms with Gasteiger partial charge in [0.15, 0.2) is 5.16 Å². The number of nitrogens with one attached hydrogen (secondary N) is 1. The van der Waals surface area contributed by atoms with Crippen molar-refractivity contribution in [3.8, 4) is 5.75 Å². The Kier molecular flexibility index (Phi) is 7.18. The molecule has 1 aliphatic rings. The van der Waals surface area contributed by atoms with E-state index in [-0.39, 0.29) is 17.4 Å². The van der Waals surface area contributed by atoms with Gasteiger partial charge in [0.25, 0.3) is 0 Å². The second kappa shape index (κ2) is 10.2. The minimum Gasteiger partial charge on any atom is -0.435 e. The van der Waals surface area contributed by atoms with Crippen LogP contribution in [-0.4, -0.2) is 39.6 Å². The molecule has 0 aliphatic heterocycles. The predicted octanol–water partition coefficient (Wildman–Crippen LogP) is 4.32. The average molecular weight is 465 g/mol. The van der Waals surface area contributed by atoms with Crippen molar-refractivity contribution in [1.29, 1.82) is 0 Å². The van der Waals surface area contributed by atoms with Crippen molar-refractivity contribution in [1.82, 2.24) is 20.1 Å². The molecule has 164 valence electrons. The van der Waals surface area contributed by atoms with Crippen LogP contribution in [0.15, 0.2) is 46.9 Å². The van der Waals surface area contributed by atoms with Gasteiger partial charge in [-0.15, -0.1) is 21.5 Å². The Morgan fingerprint density at radius 3 is 2.74 bits per heavy atom. The van der Waals surface area contributed by atoms with E-state index >= 15 is 0 Å². The second-order valence-corrected chi connectivity index (χ2v) is 9.14. The lowest BCUT2D eigenvalue weighted by molar-refractivity contribution is -0.118. The van der Waals surface area contributed by atoms with Crippen LogP contribution in [0.2, 0.25) is 0 Å². The van der Waals surface area contributed by atoms with E-state index in [1.807, 2.05) is 6.07 Å². The minimum atomic E-state index is -2.83. The Balaban J connectivity index is 1.24. The van der Waals surface area contributed by atoms with Gasteiger partial charge in [-0.3, -0.25) is 4.79 Å². The van der Waals surface area contributed by atoms with E-state index in [1.54, 1.807) is 23.5 Å². The number of thiophene rings is 1. The maximum atomic E-state index is 12.3. The molecule has 2 aromatic heterocycles. The van der Waals surface area contributed by atoms with Crippen molar-refractivity contribution < 1.29 is 18.3 Å². The highest BCUT2D eigenvalue weighted by atomic mass is 32.2. The number of thioether (sulfide) groups is 1. The molecule has 0 spiro atoms. The standard InChI is InChI=1S/C21H22F2N4O2S2/c22-20(23)29-16-7-3-14(4-8-16)9-10-24-19(28)13-31-21-26-25-18(27(21)15-5-6-15)12-17-2-1-11-30-17/h1-4,7-8,11,15,20H,5-6,9-10,12-13H2,(H,24,28). The van der Waals surface area contributed by atoms with Crippen LogP contribution >= 0.6 is 23.1 Å². The number of amides is 1. The molecule has 4 rings (SSSR count). The zero-order valence-electron chi connectivity index (χ0n) is 16.7. The van der Waals surface area contributed by atoms with Gasteiger partial charge in [-0.2, -0.15) is 8.78 Å². The third-order valence-corrected chi connectivity index (χ3v) is 6.60. The molecule has 31 heavy (non-hydrogen) atoms. The van der Waals surface area contributed by atoms with E-state index in [9.17, 15) is 13.6 Å². The molecule has 3 aromatic rings. The van der Waals surface area contributed by atoms with Gasteiger partial charge in [-0.1, -0.05) is 30.0 Å². The van der Waals surface area contributed by atoms with Crippen LogP contribution < -0.4 is 10.1 Å². The van der Waals surface area contributed by atoms with E-state index in [0.717, 1.165) is 35.8 Å². The van der Waals surface area contributed by atoms with Gasteiger partial charge in [0.1, 0.15) is 11.6 Å². The molecular weight excluding hydrogens is 442 g/mol. The van der Waals surface area contributed by atoms with Gasteiger partial charge in [-0.25, -0.2) is 0 Å². The van der Waals surface area contributed by atoms with Crippen LogP contribution in [0, 0.1) is 0 Å². The lowest BCUT2D eigenvalue weighted by Gasteiger charge is -2.09. The summed E-state index contributed by atoms with van der Waals surface area (Å²) in [4.78, 5) is 13.5. The monoisotopic (exact) mass is 464 g/mol. The van der Waals surface area contributed by atoms with E-state index in [2.05, 4.69) is 36.3 Å². The fourth-order valence-electron chi connectivity index (χ4n) is 3.16. The summed E-state index contributed by atoms with van der Waals surface area (Å²) in [6, 6.07) is 11.0. The van der Waals surface area contributed by atoms with Crippen molar-refractivity contribution in [2.24, 2.45) is 0 Å². The molecule has 0 bridgehead atoms. The van der Waals surface area contributed by atoms with Gasteiger partial charge in [0.05, 0.1) is 5.75 Å². The van der Waals surface area contributed by atoms with Crippen LogP contribution in [0.3, 0.4) is 0 Å². The fraction of sp³-hybridized carbons (Fsp3) is 0.381. The highest BCUT2D eigenvalue weighted by Gasteiger charge is 2.29. The summed E-state index contributed by atoms with van der Waals surface area (Å²) in [7, 11) is 0. The van der Waals surface area contributed by atoms with Crippen molar-refractivity contribution in [3.05, 3.63) is 58.0 Å². The zero-order chi connectivity index (χ0) is 21.6. The number of rotatable bonds is 11. The first kappa shape index (κ1) is 21.8. The molecule has 0 atom stereocenters. The molecule has 2 heterocycles. The molecule has 1 N–H and O–H groups in total. The minimum absolute atomic E-state index is 0.0761. The maximum Gasteiger partial charge on any atom is 0.387 e. The smallest absolute Gasteiger partial charge is 0.387 e. The van der Waals surface area contributed by atoms with Crippen molar-refractivity contribution >= 4 is 29.0 Å². The van der Waals surface area contributed by atoms with E-state index in [1.165, 1.54) is 28.8 Å². The molecule has 1 fully saturated rings. The third kappa shape index (κ3) is 6.27. The highest BCUT2D eigenvalue weighted by molar-refractivity contribution is 7.99. The second-order valence-electron chi connectivity index (χ2n) is 7.17. The van der Waals surface area contributed by atoms with Gasteiger partial charge in [-0.05, 0) is 48.4 Å². The zero-order valence-corrected chi connectivity index (χ0v) is 18.3. The molecule has 10 heteroatoms. The van der Waals surface area contributed by atoms with Crippen LogP contribution in [-0.2, 0) is 17.6 Å². The van der Waals surface area contributed by atoms with Gasteiger partial charge in [0.2, 0.25) is 5.91 Å². The fourth-order valence-corrected chi connectivity index (χ4v) is 4.72. The number of benzene rings is 1. The predicted molar refractivity (Wildman–Crippen MR) is 116 cm³/mol. The average Bonchev–Trinajstić information content (AvgIpc) is 3.29. The van der Waals surface area contributed by atoms with Gasteiger partial charge < -0.3 is 14.6 Å².